The lowest BCUT2D eigenvalue weighted by atomic mass is 10.2. The van der Waals surface area contributed by atoms with Crippen molar-refractivity contribution < 1.29 is 0 Å². The third-order valence-electron chi connectivity index (χ3n) is 1.07. The van der Waals surface area contributed by atoms with E-state index in [-0.39, 0.29) is 0 Å². The molecular formula is C8H12I2. The van der Waals surface area contributed by atoms with E-state index in [9.17, 15) is 0 Å². The first-order chi connectivity index (χ1) is 4.70. The van der Waals surface area contributed by atoms with Crippen LogP contribution < -0.4 is 0 Å². The molecule has 0 heterocycles. The molecule has 58 valence electrons. The van der Waals surface area contributed by atoms with E-state index >= 15 is 0 Å². The molecule has 0 unspecified atom stereocenters. The van der Waals surface area contributed by atoms with E-state index in [2.05, 4.69) is 71.2 Å². The first kappa shape index (κ1) is 10.9. The van der Waals surface area contributed by atoms with Crippen LogP contribution in [0, 0.1) is 0 Å². The van der Waals surface area contributed by atoms with Gasteiger partial charge in [-0.3, -0.25) is 0 Å². The maximum Gasteiger partial charge on any atom is 0.0206 e. The van der Waals surface area contributed by atoms with E-state index in [4.69, 9.17) is 0 Å². The summed E-state index contributed by atoms with van der Waals surface area (Å²) in [6, 6.07) is 0. The zero-order chi connectivity index (χ0) is 7.98. The van der Waals surface area contributed by atoms with Gasteiger partial charge in [-0.25, -0.2) is 0 Å². The Bertz CT molecular complexity index is 127. The highest BCUT2D eigenvalue weighted by Gasteiger charge is 1.83. The molecule has 0 nitrogen and oxygen atoms in total. The summed E-state index contributed by atoms with van der Waals surface area (Å²) in [6.07, 6.45) is 4.39. The second kappa shape index (κ2) is 6.64. The van der Waals surface area contributed by atoms with Crippen LogP contribution in [0.4, 0.5) is 0 Å². The summed E-state index contributed by atoms with van der Waals surface area (Å²) in [5, 5.41) is 0. The van der Waals surface area contributed by atoms with Crippen LogP contribution in [0.5, 0.6) is 0 Å². The molecule has 0 aromatic heterocycles. The molecule has 0 aliphatic heterocycles. The minimum absolute atomic E-state index is 1.13. The van der Waals surface area contributed by atoms with Gasteiger partial charge in [-0.15, -0.1) is 0 Å². The summed E-state index contributed by atoms with van der Waals surface area (Å²) in [7, 11) is 0. The van der Waals surface area contributed by atoms with Crippen molar-refractivity contribution in [3.8, 4) is 0 Å². The monoisotopic (exact) mass is 362 g/mol. The van der Waals surface area contributed by atoms with Gasteiger partial charge < -0.3 is 0 Å². The van der Waals surface area contributed by atoms with Crippen molar-refractivity contribution >= 4 is 45.2 Å². The lowest BCUT2D eigenvalue weighted by Crippen LogP contribution is -1.76. The number of halogens is 2. The summed E-state index contributed by atoms with van der Waals surface area (Å²) in [6.45, 7) is 4.31. The average molecular weight is 362 g/mol. The first-order valence-corrected chi connectivity index (χ1v) is 6.20. The normalized spacial score (nSPS) is 14.0. The van der Waals surface area contributed by atoms with E-state index < -0.39 is 0 Å². The number of hydrogen-bond acceptors (Lipinski definition) is 0. The van der Waals surface area contributed by atoms with E-state index in [1.807, 2.05) is 0 Å². The molecule has 0 aromatic rings. The summed E-state index contributed by atoms with van der Waals surface area (Å²) in [5.74, 6) is 0. The van der Waals surface area contributed by atoms with Crippen molar-refractivity contribution in [2.75, 3.05) is 8.86 Å². The molecule has 0 N–H and O–H groups in total. The summed E-state index contributed by atoms with van der Waals surface area (Å²) in [4.78, 5) is 0. The standard InChI is InChI=1S/C8H12I2/c1-7(5-9)3-4-8(2)6-10/h3-4H,5-6H2,1-2H3. The van der Waals surface area contributed by atoms with E-state index in [1.54, 1.807) is 0 Å². The molecule has 0 fully saturated rings. The summed E-state index contributed by atoms with van der Waals surface area (Å²) in [5.41, 5.74) is 2.87. The second-order valence-corrected chi connectivity index (χ2v) is 3.82. The van der Waals surface area contributed by atoms with Crippen LogP contribution in [0.2, 0.25) is 0 Å². The van der Waals surface area contributed by atoms with E-state index in [1.165, 1.54) is 11.1 Å². The molecule has 0 radical (unpaired) electrons. The van der Waals surface area contributed by atoms with Gasteiger partial charge in [0.1, 0.15) is 0 Å². The molecule has 10 heavy (non-hydrogen) atoms. The third-order valence-corrected chi connectivity index (χ3v) is 3.48. The van der Waals surface area contributed by atoms with Gasteiger partial charge in [-0.2, -0.15) is 0 Å². The van der Waals surface area contributed by atoms with Gasteiger partial charge in [-0.05, 0) is 13.8 Å². The molecule has 0 amide bonds. The molecule has 0 spiro atoms. The minimum Gasteiger partial charge on any atom is -0.0816 e. The number of allylic oxidation sites excluding steroid dienone is 4. The molecule has 0 saturated heterocycles. The smallest absolute Gasteiger partial charge is 0.0206 e. The third kappa shape index (κ3) is 5.70. The molecule has 0 bridgehead atoms. The predicted molar refractivity (Wildman–Crippen MR) is 65.3 cm³/mol. The predicted octanol–water partition coefficient (Wildman–Crippen LogP) is 3.75. The maximum absolute atomic E-state index is 2.37. The highest BCUT2D eigenvalue weighted by atomic mass is 127. The van der Waals surface area contributed by atoms with Gasteiger partial charge >= 0.3 is 0 Å². The minimum atomic E-state index is 1.13. The van der Waals surface area contributed by atoms with E-state index in [0.717, 1.165) is 8.86 Å². The van der Waals surface area contributed by atoms with Gasteiger partial charge in [0.2, 0.25) is 0 Å². The van der Waals surface area contributed by atoms with Gasteiger partial charge in [0.05, 0.1) is 0 Å². The number of hydrogen-bond donors (Lipinski definition) is 0. The van der Waals surface area contributed by atoms with Crippen molar-refractivity contribution in [1.29, 1.82) is 0 Å². The lowest BCUT2D eigenvalue weighted by molar-refractivity contribution is 1.39. The zero-order valence-electron chi connectivity index (χ0n) is 6.32. The summed E-state index contributed by atoms with van der Waals surface area (Å²) < 4.78 is 2.26. The molecule has 0 aliphatic carbocycles. The Morgan fingerprint density at radius 1 is 1.00 bits per heavy atom. The number of alkyl halides is 2. The Hall–Kier alpha value is 0.940. The summed E-state index contributed by atoms with van der Waals surface area (Å²) >= 11 is 4.75. The Balaban J connectivity index is 3.91. The van der Waals surface area contributed by atoms with Crippen LogP contribution >= 0.6 is 45.2 Å². The fourth-order valence-electron chi connectivity index (χ4n) is 0.374. The van der Waals surface area contributed by atoms with Crippen LogP contribution in [-0.4, -0.2) is 8.86 Å². The average Bonchev–Trinajstić information content (AvgIpc) is 1.99. The van der Waals surface area contributed by atoms with Crippen molar-refractivity contribution in [1.82, 2.24) is 0 Å². The molecule has 0 aliphatic rings. The Kier molecular flexibility index (Phi) is 7.26. The van der Waals surface area contributed by atoms with Crippen LogP contribution in [0.3, 0.4) is 0 Å². The lowest BCUT2D eigenvalue weighted by Gasteiger charge is -1.91. The Labute approximate surface area is 90.4 Å². The molecule has 0 rings (SSSR count). The maximum atomic E-state index is 2.37. The highest BCUT2D eigenvalue weighted by molar-refractivity contribution is 14.1. The van der Waals surface area contributed by atoms with Crippen molar-refractivity contribution in [3.05, 3.63) is 23.3 Å². The second-order valence-electron chi connectivity index (χ2n) is 2.29. The molecule has 0 atom stereocenters. The van der Waals surface area contributed by atoms with Crippen LogP contribution in [0.1, 0.15) is 13.8 Å². The van der Waals surface area contributed by atoms with Crippen molar-refractivity contribution in [2.24, 2.45) is 0 Å². The van der Waals surface area contributed by atoms with Gasteiger partial charge in [-0.1, -0.05) is 68.5 Å². The topological polar surface area (TPSA) is 0 Å². The van der Waals surface area contributed by atoms with Crippen LogP contribution in [0.25, 0.3) is 0 Å². The Morgan fingerprint density at radius 3 is 1.50 bits per heavy atom. The van der Waals surface area contributed by atoms with Crippen LogP contribution in [0.15, 0.2) is 23.3 Å². The van der Waals surface area contributed by atoms with Gasteiger partial charge in [0, 0.05) is 8.86 Å². The van der Waals surface area contributed by atoms with Crippen molar-refractivity contribution in [2.45, 2.75) is 13.8 Å². The molecule has 2 heteroatoms. The Morgan fingerprint density at radius 2 is 1.30 bits per heavy atom. The largest absolute Gasteiger partial charge is 0.0816 e. The SMILES string of the molecule is CC(=CC=C(C)CI)CI. The fraction of sp³-hybridized carbons (Fsp3) is 0.500. The molecular weight excluding hydrogens is 350 g/mol. The number of rotatable bonds is 3. The zero-order valence-corrected chi connectivity index (χ0v) is 10.6. The fourth-order valence-corrected chi connectivity index (χ4v) is 0.882. The van der Waals surface area contributed by atoms with E-state index in [0.29, 0.717) is 0 Å². The van der Waals surface area contributed by atoms with Crippen molar-refractivity contribution in [3.63, 3.8) is 0 Å². The molecule has 0 aromatic carbocycles. The molecule has 0 saturated carbocycles. The highest BCUT2D eigenvalue weighted by Crippen LogP contribution is 2.02. The van der Waals surface area contributed by atoms with Gasteiger partial charge in [0.25, 0.3) is 0 Å². The first-order valence-electron chi connectivity index (χ1n) is 3.15. The quantitative estimate of drug-likeness (QED) is 0.408. The van der Waals surface area contributed by atoms with Crippen LogP contribution in [-0.2, 0) is 0 Å². The van der Waals surface area contributed by atoms with Gasteiger partial charge in [0.15, 0.2) is 0 Å².